The molecule has 0 aromatic carbocycles. The van der Waals surface area contributed by atoms with Gasteiger partial charge in [-0.05, 0) is 52.9 Å². The van der Waals surface area contributed by atoms with E-state index in [1.165, 1.54) is 22.2 Å². The van der Waals surface area contributed by atoms with Gasteiger partial charge in [0.2, 0.25) is 5.16 Å². The van der Waals surface area contributed by atoms with Crippen molar-refractivity contribution >= 4 is 33.3 Å². The zero-order chi connectivity index (χ0) is 19.1. The first-order valence-electron chi connectivity index (χ1n) is 9.69. The second-order valence-corrected chi connectivity index (χ2v) is 9.59. The summed E-state index contributed by atoms with van der Waals surface area (Å²) in [5, 5.41) is 14.8. The number of fused-ring (bicyclic) bond motifs is 3. The molecular weight excluding hydrogens is 394 g/mol. The fourth-order valence-electron chi connectivity index (χ4n) is 3.85. The van der Waals surface area contributed by atoms with Gasteiger partial charge in [-0.25, -0.2) is 14.6 Å². The number of tetrazole rings is 1. The Morgan fingerprint density at radius 1 is 1.25 bits per heavy atom. The number of rotatable bonds is 4. The van der Waals surface area contributed by atoms with E-state index in [9.17, 15) is 0 Å². The van der Waals surface area contributed by atoms with Crippen LogP contribution in [0.5, 0.6) is 0 Å². The third-order valence-corrected chi connectivity index (χ3v) is 7.57. The highest BCUT2D eigenvalue weighted by Gasteiger charge is 2.25. The van der Waals surface area contributed by atoms with Crippen LogP contribution in [0.1, 0.15) is 29.6 Å². The minimum absolute atomic E-state index is 0.736. The summed E-state index contributed by atoms with van der Waals surface area (Å²) in [4.78, 5) is 14.9. The summed E-state index contributed by atoms with van der Waals surface area (Å²) in [5.74, 6) is 1.61. The monoisotopic (exact) mass is 417 g/mol. The van der Waals surface area contributed by atoms with E-state index >= 15 is 0 Å². The standard InChI is InChI=1S/C18H23N7OS2/c1-11-3-4-12-13(9-11)27-16-15(12)17(28-18-21-22-23-24(18)2)20-14(19-16)10-25-5-7-26-8-6-25/h11H,3-10H2,1-2H3/t11-/m0/s1. The summed E-state index contributed by atoms with van der Waals surface area (Å²) in [7, 11) is 1.86. The molecule has 1 fully saturated rings. The largest absolute Gasteiger partial charge is 0.379 e. The summed E-state index contributed by atoms with van der Waals surface area (Å²) >= 11 is 3.39. The predicted molar refractivity (Wildman–Crippen MR) is 108 cm³/mol. The van der Waals surface area contributed by atoms with Crippen molar-refractivity contribution in [3.63, 3.8) is 0 Å². The van der Waals surface area contributed by atoms with E-state index in [4.69, 9.17) is 14.7 Å². The highest BCUT2D eigenvalue weighted by molar-refractivity contribution is 7.99. The van der Waals surface area contributed by atoms with Crippen LogP contribution in [-0.2, 0) is 31.2 Å². The molecular formula is C18H23N7OS2. The van der Waals surface area contributed by atoms with Gasteiger partial charge in [0.1, 0.15) is 15.7 Å². The van der Waals surface area contributed by atoms with Gasteiger partial charge in [-0.1, -0.05) is 6.92 Å². The minimum Gasteiger partial charge on any atom is -0.379 e. The van der Waals surface area contributed by atoms with Gasteiger partial charge in [0, 0.05) is 30.4 Å². The van der Waals surface area contributed by atoms with Crippen molar-refractivity contribution in [2.24, 2.45) is 13.0 Å². The molecule has 1 aliphatic carbocycles. The lowest BCUT2D eigenvalue weighted by atomic mass is 9.89. The maximum Gasteiger partial charge on any atom is 0.215 e. The number of aromatic nitrogens is 6. The molecule has 0 spiro atoms. The average molecular weight is 418 g/mol. The Labute approximate surface area is 171 Å². The topological polar surface area (TPSA) is 81.8 Å². The molecule has 1 atom stereocenters. The van der Waals surface area contributed by atoms with E-state index < -0.39 is 0 Å². The second-order valence-electron chi connectivity index (χ2n) is 7.55. The second kappa shape index (κ2) is 7.66. The van der Waals surface area contributed by atoms with E-state index in [0.717, 1.165) is 72.4 Å². The summed E-state index contributed by atoms with van der Waals surface area (Å²) in [5.41, 5.74) is 1.44. The van der Waals surface area contributed by atoms with E-state index in [1.807, 2.05) is 18.4 Å². The lowest BCUT2D eigenvalue weighted by molar-refractivity contribution is 0.0330. The van der Waals surface area contributed by atoms with Gasteiger partial charge in [-0.15, -0.1) is 16.4 Å². The Morgan fingerprint density at radius 3 is 2.89 bits per heavy atom. The maximum atomic E-state index is 5.47. The number of hydrogen-bond acceptors (Lipinski definition) is 9. The molecule has 0 N–H and O–H groups in total. The Morgan fingerprint density at radius 2 is 2.11 bits per heavy atom. The first-order valence-corrected chi connectivity index (χ1v) is 11.3. The van der Waals surface area contributed by atoms with Crippen LogP contribution in [0.3, 0.4) is 0 Å². The number of thiophene rings is 1. The van der Waals surface area contributed by atoms with Gasteiger partial charge in [-0.3, -0.25) is 4.90 Å². The molecule has 1 saturated heterocycles. The average Bonchev–Trinajstić information content (AvgIpc) is 3.25. The quantitative estimate of drug-likeness (QED) is 0.598. The molecule has 0 saturated carbocycles. The van der Waals surface area contributed by atoms with Crippen LogP contribution in [0, 0.1) is 5.92 Å². The minimum atomic E-state index is 0.736. The highest BCUT2D eigenvalue weighted by Crippen LogP contribution is 2.42. The van der Waals surface area contributed by atoms with E-state index in [0.29, 0.717) is 0 Å². The van der Waals surface area contributed by atoms with Crippen LogP contribution >= 0.6 is 23.1 Å². The van der Waals surface area contributed by atoms with Crippen molar-refractivity contribution in [2.45, 2.75) is 42.9 Å². The molecule has 8 nitrogen and oxygen atoms in total. The van der Waals surface area contributed by atoms with Crippen molar-refractivity contribution in [3.05, 3.63) is 16.3 Å². The molecule has 10 heteroatoms. The Balaban J connectivity index is 1.57. The third-order valence-electron chi connectivity index (χ3n) is 5.41. The number of aryl methyl sites for hydroxylation is 2. The normalized spacial score (nSPS) is 20.6. The van der Waals surface area contributed by atoms with Crippen LogP contribution in [-0.4, -0.2) is 61.4 Å². The molecule has 4 heterocycles. The van der Waals surface area contributed by atoms with Crippen molar-refractivity contribution in [1.29, 1.82) is 0 Å². The lowest BCUT2D eigenvalue weighted by Gasteiger charge is -2.25. The third kappa shape index (κ3) is 3.54. The Kier molecular flexibility index (Phi) is 5.04. The number of ether oxygens (including phenoxy) is 1. The maximum absolute atomic E-state index is 5.47. The molecule has 1 aliphatic heterocycles. The molecule has 0 unspecified atom stereocenters. The summed E-state index contributed by atoms with van der Waals surface area (Å²) < 4.78 is 7.17. The number of nitrogens with zero attached hydrogens (tertiary/aromatic N) is 7. The van der Waals surface area contributed by atoms with E-state index in [1.54, 1.807) is 16.4 Å². The first kappa shape index (κ1) is 18.4. The van der Waals surface area contributed by atoms with Crippen LogP contribution in [0.15, 0.2) is 10.2 Å². The van der Waals surface area contributed by atoms with E-state index in [2.05, 4.69) is 27.3 Å². The smallest absolute Gasteiger partial charge is 0.215 e. The number of hydrogen-bond donors (Lipinski definition) is 0. The first-order chi connectivity index (χ1) is 13.7. The molecule has 28 heavy (non-hydrogen) atoms. The SMILES string of the molecule is C[C@H]1CCc2c(sc3nc(CN4CCOCC4)nc(Sc4nnnn4C)c23)C1. The zero-order valence-electron chi connectivity index (χ0n) is 16.1. The van der Waals surface area contributed by atoms with Crippen molar-refractivity contribution in [2.75, 3.05) is 26.3 Å². The molecule has 0 bridgehead atoms. The zero-order valence-corrected chi connectivity index (χ0v) is 17.7. The van der Waals surface area contributed by atoms with Gasteiger partial charge in [0.05, 0.1) is 19.8 Å². The van der Waals surface area contributed by atoms with Crippen LogP contribution < -0.4 is 0 Å². The van der Waals surface area contributed by atoms with Crippen molar-refractivity contribution in [1.82, 2.24) is 35.1 Å². The van der Waals surface area contributed by atoms with E-state index in [-0.39, 0.29) is 0 Å². The highest BCUT2D eigenvalue weighted by atomic mass is 32.2. The predicted octanol–water partition coefficient (Wildman–Crippen LogP) is 2.32. The molecule has 2 aliphatic rings. The molecule has 3 aromatic heterocycles. The Bertz CT molecular complexity index is 995. The summed E-state index contributed by atoms with van der Waals surface area (Å²) in [6.45, 7) is 6.50. The van der Waals surface area contributed by atoms with Crippen molar-refractivity contribution < 1.29 is 4.74 Å². The van der Waals surface area contributed by atoms with Gasteiger partial charge in [-0.2, -0.15) is 0 Å². The fourth-order valence-corrected chi connectivity index (χ4v) is 6.21. The van der Waals surface area contributed by atoms with Crippen LogP contribution in [0.2, 0.25) is 0 Å². The van der Waals surface area contributed by atoms with Crippen LogP contribution in [0.4, 0.5) is 0 Å². The van der Waals surface area contributed by atoms with Gasteiger partial charge in [0.15, 0.2) is 0 Å². The van der Waals surface area contributed by atoms with Crippen molar-refractivity contribution in [3.8, 4) is 0 Å². The fraction of sp³-hybridized carbons (Fsp3) is 0.611. The molecule has 0 amide bonds. The molecule has 3 aromatic rings. The van der Waals surface area contributed by atoms with Gasteiger partial charge in [0.25, 0.3) is 0 Å². The lowest BCUT2D eigenvalue weighted by Crippen LogP contribution is -2.36. The van der Waals surface area contributed by atoms with Crippen LogP contribution in [0.25, 0.3) is 10.2 Å². The summed E-state index contributed by atoms with van der Waals surface area (Å²) in [6.07, 6.45) is 3.47. The van der Waals surface area contributed by atoms with Gasteiger partial charge >= 0.3 is 0 Å². The number of morpholine rings is 1. The summed E-state index contributed by atoms with van der Waals surface area (Å²) in [6, 6.07) is 0. The Hall–Kier alpha value is -1.62. The molecule has 0 radical (unpaired) electrons. The molecule has 148 valence electrons. The van der Waals surface area contributed by atoms with Gasteiger partial charge < -0.3 is 4.74 Å². The molecule has 5 rings (SSSR count).